The van der Waals surface area contributed by atoms with Crippen molar-refractivity contribution in [3.05, 3.63) is 0 Å². The van der Waals surface area contributed by atoms with Gasteiger partial charge in [-0.25, -0.2) is 0 Å². The lowest BCUT2D eigenvalue weighted by Crippen LogP contribution is -2.67. The van der Waals surface area contributed by atoms with Gasteiger partial charge >= 0.3 is 24.1 Å². The van der Waals surface area contributed by atoms with Crippen LogP contribution >= 0.6 is 0 Å². The Morgan fingerprint density at radius 3 is 1.00 bits per heavy atom. The van der Waals surface area contributed by atoms with Crippen LogP contribution < -0.4 is 0 Å². The Hall–Kier alpha value is -0.640. The quantitative estimate of drug-likeness (QED) is 0.652. The summed E-state index contributed by atoms with van der Waals surface area (Å²) in [5.74, 6) is -11.3. The topological polar surface area (TPSA) is 18.5 Å². The van der Waals surface area contributed by atoms with Gasteiger partial charge in [0.05, 0.1) is 13.2 Å². The van der Waals surface area contributed by atoms with Crippen LogP contribution in [0.3, 0.4) is 0 Å². The lowest BCUT2D eigenvalue weighted by atomic mass is 10.1. The number of alkyl halides is 8. The molecule has 0 saturated heterocycles. The average Bonchev–Trinajstić information content (AvgIpc) is 2.29. The zero-order chi connectivity index (χ0) is 16.2. The molecule has 20 heavy (non-hydrogen) atoms. The van der Waals surface area contributed by atoms with Gasteiger partial charge < -0.3 is 9.47 Å². The number of rotatable bonds is 7. The van der Waals surface area contributed by atoms with Crippen LogP contribution in [0.15, 0.2) is 0 Å². The standard InChI is InChI=1S/C10H14F8O2/c1-3-5-19-7(11,9(13,14)15)8(12,10(16,17)18)20-6-4-2/h3-6H2,1-2H3. The van der Waals surface area contributed by atoms with Gasteiger partial charge in [0.2, 0.25) is 0 Å². The first-order valence-corrected chi connectivity index (χ1v) is 5.66. The summed E-state index contributed by atoms with van der Waals surface area (Å²) in [7, 11) is 0. The van der Waals surface area contributed by atoms with Gasteiger partial charge in [0.15, 0.2) is 0 Å². The predicted octanol–water partition coefficient (Wildman–Crippen LogP) is 4.30. The van der Waals surface area contributed by atoms with E-state index in [1.54, 1.807) is 0 Å². The molecule has 0 N–H and O–H groups in total. The molecule has 0 rings (SSSR count). The summed E-state index contributed by atoms with van der Waals surface area (Å²) in [6.45, 7) is 0.314. The van der Waals surface area contributed by atoms with Crippen LogP contribution in [0.2, 0.25) is 0 Å². The van der Waals surface area contributed by atoms with Gasteiger partial charge in [-0.3, -0.25) is 0 Å². The summed E-state index contributed by atoms with van der Waals surface area (Å²) in [4.78, 5) is 0. The largest absolute Gasteiger partial charge is 0.455 e. The minimum atomic E-state index is -6.26. The maximum Gasteiger partial charge on any atom is 0.455 e. The molecule has 2 unspecified atom stereocenters. The maximum atomic E-state index is 13.8. The Balaban J connectivity index is 5.76. The van der Waals surface area contributed by atoms with Crippen LogP contribution in [0.1, 0.15) is 26.7 Å². The molecule has 122 valence electrons. The molecule has 0 aromatic rings. The van der Waals surface area contributed by atoms with E-state index in [0.717, 1.165) is 0 Å². The fraction of sp³-hybridized carbons (Fsp3) is 1.00. The van der Waals surface area contributed by atoms with E-state index in [1.165, 1.54) is 13.8 Å². The fourth-order valence-electron chi connectivity index (χ4n) is 1.20. The van der Waals surface area contributed by atoms with Crippen molar-refractivity contribution in [2.24, 2.45) is 0 Å². The van der Waals surface area contributed by atoms with E-state index in [4.69, 9.17) is 0 Å². The molecule has 0 radical (unpaired) electrons. The molecule has 0 aliphatic rings. The minimum absolute atomic E-state index is 0.247. The highest BCUT2D eigenvalue weighted by molar-refractivity contribution is 4.98. The summed E-state index contributed by atoms with van der Waals surface area (Å²) in [6, 6.07) is 0. The van der Waals surface area contributed by atoms with Crippen LogP contribution in [-0.2, 0) is 9.47 Å². The Bertz CT molecular complexity index is 273. The van der Waals surface area contributed by atoms with Crippen LogP contribution in [0.25, 0.3) is 0 Å². The summed E-state index contributed by atoms with van der Waals surface area (Å²) in [5, 5.41) is 0. The lowest BCUT2D eigenvalue weighted by molar-refractivity contribution is -0.478. The molecule has 10 heteroatoms. The van der Waals surface area contributed by atoms with E-state index in [9.17, 15) is 35.1 Å². The van der Waals surface area contributed by atoms with Gasteiger partial charge in [0, 0.05) is 0 Å². The van der Waals surface area contributed by atoms with Crippen molar-refractivity contribution in [3.63, 3.8) is 0 Å². The summed E-state index contributed by atoms with van der Waals surface area (Å²) >= 11 is 0. The number of ether oxygens (including phenoxy) is 2. The van der Waals surface area contributed by atoms with Crippen molar-refractivity contribution in [1.82, 2.24) is 0 Å². The molecule has 0 spiro atoms. The first-order valence-electron chi connectivity index (χ1n) is 5.66. The molecule has 0 saturated carbocycles. The lowest BCUT2D eigenvalue weighted by Gasteiger charge is -2.39. The molecule has 0 aliphatic carbocycles. The smallest absolute Gasteiger partial charge is 0.334 e. The third-order valence-electron chi connectivity index (χ3n) is 2.15. The summed E-state index contributed by atoms with van der Waals surface area (Å²) in [6.07, 6.45) is -13.0. The first-order chi connectivity index (χ1) is 8.87. The Kier molecular flexibility index (Phi) is 6.21. The normalized spacial score (nSPS) is 19.5. The van der Waals surface area contributed by atoms with Crippen LogP contribution in [0.4, 0.5) is 35.1 Å². The van der Waals surface area contributed by atoms with Crippen molar-refractivity contribution in [3.8, 4) is 0 Å². The van der Waals surface area contributed by atoms with Gasteiger partial charge in [-0.15, -0.1) is 0 Å². The molecule has 0 amide bonds. The molecule has 2 nitrogen and oxygen atoms in total. The highest BCUT2D eigenvalue weighted by Gasteiger charge is 2.82. The molecule has 0 aromatic heterocycles. The van der Waals surface area contributed by atoms with Gasteiger partial charge in [0.25, 0.3) is 0 Å². The van der Waals surface area contributed by atoms with Gasteiger partial charge in [-0.1, -0.05) is 13.8 Å². The van der Waals surface area contributed by atoms with E-state index < -0.39 is 37.3 Å². The second-order valence-corrected chi connectivity index (χ2v) is 3.88. The van der Waals surface area contributed by atoms with Crippen molar-refractivity contribution < 1.29 is 44.6 Å². The molecule has 0 fully saturated rings. The number of hydrogen-bond acceptors (Lipinski definition) is 2. The van der Waals surface area contributed by atoms with Crippen LogP contribution in [0, 0.1) is 0 Å². The van der Waals surface area contributed by atoms with Crippen molar-refractivity contribution >= 4 is 0 Å². The summed E-state index contributed by atoms with van der Waals surface area (Å²) in [5.41, 5.74) is 0. The number of halogens is 8. The molecule has 0 bridgehead atoms. The van der Waals surface area contributed by atoms with E-state index in [2.05, 4.69) is 9.47 Å². The monoisotopic (exact) mass is 318 g/mol. The Morgan fingerprint density at radius 1 is 0.600 bits per heavy atom. The van der Waals surface area contributed by atoms with Crippen LogP contribution in [-0.4, -0.2) is 37.3 Å². The molecule has 0 heterocycles. The molecule has 2 atom stereocenters. The van der Waals surface area contributed by atoms with Crippen molar-refractivity contribution in [2.75, 3.05) is 13.2 Å². The molecule has 0 aliphatic heterocycles. The average molecular weight is 318 g/mol. The number of hydrogen-bond donors (Lipinski definition) is 0. The highest BCUT2D eigenvalue weighted by Crippen LogP contribution is 2.53. The Labute approximate surface area is 110 Å². The molecular weight excluding hydrogens is 304 g/mol. The van der Waals surface area contributed by atoms with E-state index in [-0.39, 0.29) is 12.8 Å². The van der Waals surface area contributed by atoms with E-state index >= 15 is 0 Å². The van der Waals surface area contributed by atoms with Gasteiger partial charge in [0.1, 0.15) is 0 Å². The predicted molar refractivity (Wildman–Crippen MR) is 52.3 cm³/mol. The van der Waals surface area contributed by atoms with Crippen molar-refractivity contribution in [2.45, 2.75) is 50.8 Å². The van der Waals surface area contributed by atoms with Gasteiger partial charge in [-0.05, 0) is 12.8 Å². The zero-order valence-electron chi connectivity index (χ0n) is 10.7. The van der Waals surface area contributed by atoms with Crippen LogP contribution in [0.5, 0.6) is 0 Å². The maximum absolute atomic E-state index is 13.8. The second kappa shape index (κ2) is 6.42. The SMILES string of the molecule is CCCOC(F)(C(F)(F)F)C(F)(OCCC)C(F)(F)F. The van der Waals surface area contributed by atoms with Crippen molar-refractivity contribution in [1.29, 1.82) is 0 Å². The summed E-state index contributed by atoms with van der Waals surface area (Å²) < 4.78 is 110. The minimum Gasteiger partial charge on any atom is -0.334 e. The Morgan fingerprint density at radius 2 is 0.850 bits per heavy atom. The molecule has 0 aromatic carbocycles. The molecular formula is C10H14F8O2. The van der Waals surface area contributed by atoms with E-state index in [1.807, 2.05) is 0 Å². The van der Waals surface area contributed by atoms with E-state index in [0.29, 0.717) is 0 Å². The third-order valence-corrected chi connectivity index (χ3v) is 2.15. The third kappa shape index (κ3) is 3.51. The fourth-order valence-corrected chi connectivity index (χ4v) is 1.20. The van der Waals surface area contributed by atoms with Gasteiger partial charge in [-0.2, -0.15) is 35.1 Å². The first kappa shape index (κ1) is 19.4. The zero-order valence-corrected chi connectivity index (χ0v) is 10.7. The second-order valence-electron chi connectivity index (χ2n) is 3.88. The highest BCUT2D eigenvalue weighted by atomic mass is 19.4.